The number of halogens is 1. The van der Waals surface area contributed by atoms with Gasteiger partial charge in [-0.3, -0.25) is 0 Å². The fourth-order valence-corrected chi connectivity index (χ4v) is 4.47. The van der Waals surface area contributed by atoms with Gasteiger partial charge < -0.3 is 5.32 Å². The fourth-order valence-electron chi connectivity index (χ4n) is 1.72. The molecule has 0 saturated carbocycles. The van der Waals surface area contributed by atoms with Gasteiger partial charge in [-0.05, 0) is 40.2 Å². The SMILES string of the molecule is CCNCc1ccc(S(=O)(=O)NCc2nccs2)c(Br)c1. The summed E-state index contributed by atoms with van der Waals surface area (Å²) < 4.78 is 27.7. The molecule has 1 aromatic carbocycles. The number of thiazole rings is 1. The summed E-state index contributed by atoms with van der Waals surface area (Å²) >= 11 is 4.75. The van der Waals surface area contributed by atoms with Gasteiger partial charge in [-0.2, -0.15) is 0 Å². The number of nitrogens with zero attached hydrogens (tertiary/aromatic N) is 1. The monoisotopic (exact) mass is 389 g/mol. The molecular weight excluding hydrogens is 374 g/mol. The van der Waals surface area contributed by atoms with Crippen molar-refractivity contribution >= 4 is 37.3 Å². The van der Waals surface area contributed by atoms with E-state index in [1.54, 1.807) is 12.3 Å². The van der Waals surface area contributed by atoms with E-state index in [1.165, 1.54) is 11.3 Å². The van der Waals surface area contributed by atoms with E-state index in [9.17, 15) is 8.42 Å². The van der Waals surface area contributed by atoms with Crippen LogP contribution in [-0.4, -0.2) is 19.9 Å². The zero-order chi connectivity index (χ0) is 15.3. The fraction of sp³-hybridized carbons (Fsp3) is 0.308. The van der Waals surface area contributed by atoms with Gasteiger partial charge in [0.25, 0.3) is 0 Å². The maximum Gasteiger partial charge on any atom is 0.242 e. The Labute approximate surface area is 137 Å². The molecule has 114 valence electrons. The Hall–Kier alpha value is -0.800. The van der Waals surface area contributed by atoms with Gasteiger partial charge in [0.05, 0.1) is 11.4 Å². The summed E-state index contributed by atoms with van der Waals surface area (Å²) in [7, 11) is -3.55. The minimum Gasteiger partial charge on any atom is -0.313 e. The minimum atomic E-state index is -3.55. The molecule has 0 aliphatic carbocycles. The molecule has 0 atom stereocenters. The van der Waals surface area contributed by atoms with Crippen molar-refractivity contribution in [1.29, 1.82) is 0 Å². The van der Waals surface area contributed by atoms with Crippen molar-refractivity contribution in [1.82, 2.24) is 15.0 Å². The van der Waals surface area contributed by atoms with Crippen LogP contribution in [0.3, 0.4) is 0 Å². The molecule has 0 amide bonds. The van der Waals surface area contributed by atoms with E-state index in [0.717, 1.165) is 17.1 Å². The van der Waals surface area contributed by atoms with Crippen LogP contribution in [0.15, 0.2) is 39.1 Å². The van der Waals surface area contributed by atoms with Crippen LogP contribution in [0.25, 0.3) is 0 Å². The number of nitrogens with one attached hydrogen (secondary N) is 2. The summed E-state index contributed by atoms with van der Waals surface area (Å²) in [5.74, 6) is 0. The topological polar surface area (TPSA) is 71.1 Å². The second kappa shape index (κ2) is 7.46. The Kier molecular flexibility index (Phi) is 5.88. The van der Waals surface area contributed by atoms with E-state index in [1.807, 2.05) is 24.4 Å². The highest BCUT2D eigenvalue weighted by molar-refractivity contribution is 9.10. The maximum atomic E-state index is 12.3. The molecule has 0 fully saturated rings. The van der Waals surface area contributed by atoms with Gasteiger partial charge >= 0.3 is 0 Å². The van der Waals surface area contributed by atoms with Crippen LogP contribution in [0.5, 0.6) is 0 Å². The smallest absolute Gasteiger partial charge is 0.242 e. The van der Waals surface area contributed by atoms with Gasteiger partial charge in [0.1, 0.15) is 5.01 Å². The van der Waals surface area contributed by atoms with E-state index in [2.05, 4.69) is 31.0 Å². The third-order valence-electron chi connectivity index (χ3n) is 2.76. The van der Waals surface area contributed by atoms with Crippen LogP contribution in [0.4, 0.5) is 0 Å². The van der Waals surface area contributed by atoms with Gasteiger partial charge in [-0.15, -0.1) is 11.3 Å². The van der Waals surface area contributed by atoms with Crippen molar-refractivity contribution in [2.75, 3.05) is 6.54 Å². The lowest BCUT2D eigenvalue weighted by molar-refractivity contribution is 0.580. The molecule has 0 aliphatic heterocycles. The Morgan fingerprint density at radius 3 is 2.76 bits per heavy atom. The normalized spacial score (nSPS) is 11.7. The Balaban J connectivity index is 2.12. The molecule has 0 aliphatic rings. The van der Waals surface area contributed by atoms with Crippen molar-refractivity contribution in [2.24, 2.45) is 0 Å². The number of hydrogen-bond acceptors (Lipinski definition) is 5. The van der Waals surface area contributed by atoms with E-state index >= 15 is 0 Å². The second-order valence-corrected chi connectivity index (χ2v) is 7.86. The van der Waals surface area contributed by atoms with Crippen LogP contribution in [-0.2, 0) is 23.1 Å². The molecule has 1 aromatic heterocycles. The second-order valence-electron chi connectivity index (χ2n) is 4.30. The molecule has 5 nitrogen and oxygen atoms in total. The van der Waals surface area contributed by atoms with Crippen LogP contribution >= 0.6 is 27.3 Å². The van der Waals surface area contributed by atoms with Gasteiger partial charge in [0.2, 0.25) is 10.0 Å². The van der Waals surface area contributed by atoms with Gasteiger partial charge in [-0.1, -0.05) is 13.0 Å². The zero-order valence-electron chi connectivity index (χ0n) is 11.5. The molecule has 21 heavy (non-hydrogen) atoms. The molecule has 2 rings (SSSR count). The number of hydrogen-bond donors (Lipinski definition) is 2. The molecule has 0 bridgehead atoms. The molecule has 8 heteroatoms. The average Bonchev–Trinajstić information content (AvgIpc) is 2.96. The highest BCUT2D eigenvalue weighted by Crippen LogP contribution is 2.23. The lowest BCUT2D eigenvalue weighted by atomic mass is 10.2. The predicted octanol–water partition coefficient (Wildman–Crippen LogP) is 2.49. The quantitative estimate of drug-likeness (QED) is 0.762. The van der Waals surface area contributed by atoms with Gasteiger partial charge in [-0.25, -0.2) is 18.1 Å². The standard InChI is InChI=1S/C13H16BrN3O2S2/c1-2-15-8-10-3-4-12(11(14)7-10)21(18,19)17-9-13-16-5-6-20-13/h3-7,15,17H,2,8-9H2,1H3. The van der Waals surface area contributed by atoms with E-state index in [4.69, 9.17) is 0 Å². The summed E-state index contributed by atoms with van der Waals surface area (Å²) in [6, 6.07) is 5.24. The van der Waals surface area contributed by atoms with Gasteiger partial charge in [0.15, 0.2) is 0 Å². The largest absolute Gasteiger partial charge is 0.313 e. The van der Waals surface area contributed by atoms with Crippen LogP contribution in [0, 0.1) is 0 Å². The van der Waals surface area contributed by atoms with Crippen molar-refractivity contribution in [3.63, 3.8) is 0 Å². The first-order chi connectivity index (χ1) is 10.0. The lowest BCUT2D eigenvalue weighted by Crippen LogP contribution is -2.23. The van der Waals surface area contributed by atoms with Crippen LogP contribution < -0.4 is 10.0 Å². The van der Waals surface area contributed by atoms with Crippen molar-refractivity contribution in [2.45, 2.75) is 24.9 Å². The molecule has 1 heterocycles. The molecule has 0 unspecified atom stereocenters. The molecule has 2 N–H and O–H groups in total. The Morgan fingerprint density at radius 1 is 1.33 bits per heavy atom. The summed E-state index contributed by atoms with van der Waals surface area (Å²) in [6.07, 6.45) is 1.65. The summed E-state index contributed by atoms with van der Waals surface area (Å²) in [5, 5.41) is 5.75. The highest BCUT2D eigenvalue weighted by Gasteiger charge is 2.18. The summed E-state index contributed by atoms with van der Waals surface area (Å²) in [5.41, 5.74) is 1.03. The minimum absolute atomic E-state index is 0.200. The van der Waals surface area contributed by atoms with E-state index < -0.39 is 10.0 Å². The van der Waals surface area contributed by atoms with Gasteiger partial charge in [0, 0.05) is 22.6 Å². The Morgan fingerprint density at radius 2 is 2.14 bits per heavy atom. The van der Waals surface area contributed by atoms with Crippen molar-refractivity contribution < 1.29 is 8.42 Å². The average molecular weight is 390 g/mol. The van der Waals surface area contributed by atoms with E-state index in [-0.39, 0.29) is 11.4 Å². The third kappa shape index (κ3) is 4.58. The summed E-state index contributed by atoms with van der Waals surface area (Å²) in [6.45, 7) is 3.80. The lowest BCUT2D eigenvalue weighted by Gasteiger charge is -2.09. The molecular formula is C13H16BrN3O2S2. The third-order valence-corrected chi connectivity index (χ3v) is 5.92. The maximum absolute atomic E-state index is 12.3. The van der Waals surface area contributed by atoms with Crippen LogP contribution in [0.1, 0.15) is 17.5 Å². The summed E-state index contributed by atoms with van der Waals surface area (Å²) in [4.78, 5) is 4.29. The number of benzene rings is 1. The molecule has 0 spiro atoms. The molecule has 2 aromatic rings. The van der Waals surface area contributed by atoms with Crippen molar-refractivity contribution in [3.8, 4) is 0 Å². The number of sulfonamides is 1. The highest BCUT2D eigenvalue weighted by atomic mass is 79.9. The number of rotatable bonds is 7. The first kappa shape index (κ1) is 16.6. The van der Waals surface area contributed by atoms with Crippen LogP contribution in [0.2, 0.25) is 0 Å². The molecule has 0 saturated heterocycles. The first-order valence-electron chi connectivity index (χ1n) is 6.40. The van der Waals surface area contributed by atoms with Crippen molar-refractivity contribution in [3.05, 3.63) is 44.8 Å². The first-order valence-corrected chi connectivity index (χ1v) is 9.55. The Bertz CT molecular complexity index is 687. The zero-order valence-corrected chi connectivity index (χ0v) is 14.7. The number of aromatic nitrogens is 1. The molecule has 0 radical (unpaired) electrons. The van der Waals surface area contributed by atoms with E-state index in [0.29, 0.717) is 11.0 Å². The predicted molar refractivity (Wildman–Crippen MR) is 87.7 cm³/mol.